The first-order chi connectivity index (χ1) is 7.13. The Morgan fingerprint density at radius 3 is 2.73 bits per heavy atom. The van der Waals surface area contributed by atoms with Crippen LogP contribution in [0.25, 0.3) is 11.0 Å². The van der Waals surface area contributed by atoms with Crippen LogP contribution in [0.3, 0.4) is 0 Å². The lowest BCUT2D eigenvalue weighted by Crippen LogP contribution is -2.10. The summed E-state index contributed by atoms with van der Waals surface area (Å²) in [6.45, 7) is 5.06. The van der Waals surface area contributed by atoms with Crippen LogP contribution < -0.4 is 5.32 Å². The number of nitrogens with zero attached hydrogens (tertiary/aromatic N) is 2. The largest absolute Gasteiger partial charge is 0.330 e. The van der Waals surface area contributed by atoms with Crippen molar-refractivity contribution in [2.24, 2.45) is 7.05 Å². The SMILES string of the molecule is CNCc1nc2cc(C)cc(C)c2n1C. The summed E-state index contributed by atoms with van der Waals surface area (Å²) < 4.78 is 2.17. The van der Waals surface area contributed by atoms with Crippen LogP contribution >= 0.6 is 0 Å². The van der Waals surface area contributed by atoms with E-state index in [4.69, 9.17) is 0 Å². The van der Waals surface area contributed by atoms with Crippen molar-refractivity contribution in [3.8, 4) is 0 Å². The third-order valence-electron chi connectivity index (χ3n) is 2.73. The third-order valence-corrected chi connectivity index (χ3v) is 2.73. The fourth-order valence-electron chi connectivity index (χ4n) is 2.12. The van der Waals surface area contributed by atoms with E-state index in [1.165, 1.54) is 16.6 Å². The summed E-state index contributed by atoms with van der Waals surface area (Å²) >= 11 is 0. The molecule has 0 unspecified atom stereocenters. The summed E-state index contributed by atoms with van der Waals surface area (Å²) in [6, 6.07) is 4.34. The number of hydrogen-bond acceptors (Lipinski definition) is 2. The first-order valence-corrected chi connectivity index (χ1v) is 5.20. The lowest BCUT2D eigenvalue weighted by molar-refractivity contribution is 0.718. The number of aromatic nitrogens is 2. The lowest BCUT2D eigenvalue weighted by atomic mass is 10.1. The zero-order chi connectivity index (χ0) is 11.0. The maximum absolute atomic E-state index is 4.62. The summed E-state index contributed by atoms with van der Waals surface area (Å²) in [6.07, 6.45) is 0. The molecule has 1 aromatic heterocycles. The van der Waals surface area contributed by atoms with Gasteiger partial charge in [0.15, 0.2) is 0 Å². The summed E-state index contributed by atoms with van der Waals surface area (Å²) in [5.41, 5.74) is 4.91. The van der Waals surface area contributed by atoms with E-state index in [9.17, 15) is 0 Å². The van der Waals surface area contributed by atoms with Gasteiger partial charge in [0, 0.05) is 7.05 Å². The molecular weight excluding hydrogens is 186 g/mol. The van der Waals surface area contributed by atoms with E-state index in [1.54, 1.807) is 0 Å². The Morgan fingerprint density at radius 2 is 2.07 bits per heavy atom. The summed E-state index contributed by atoms with van der Waals surface area (Å²) in [4.78, 5) is 4.62. The molecule has 0 aliphatic rings. The van der Waals surface area contributed by atoms with Gasteiger partial charge in [-0.3, -0.25) is 0 Å². The molecule has 1 N–H and O–H groups in total. The van der Waals surface area contributed by atoms with Gasteiger partial charge >= 0.3 is 0 Å². The molecule has 1 aromatic carbocycles. The van der Waals surface area contributed by atoms with E-state index in [0.29, 0.717) is 0 Å². The Kier molecular flexibility index (Phi) is 2.49. The summed E-state index contributed by atoms with van der Waals surface area (Å²) in [7, 11) is 4.02. The number of imidazole rings is 1. The molecule has 1 heterocycles. The minimum Gasteiger partial charge on any atom is -0.330 e. The van der Waals surface area contributed by atoms with Gasteiger partial charge in [-0.2, -0.15) is 0 Å². The minimum absolute atomic E-state index is 0.809. The number of nitrogens with one attached hydrogen (secondary N) is 1. The Bertz CT molecular complexity index is 497. The Hall–Kier alpha value is -1.35. The van der Waals surface area contributed by atoms with Crippen LogP contribution in [0.2, 0.25) is 0 Å². The van der Waals surface area contributed by atoms with Crippen molar-refractivity contribution >= 4 is 11.0 Å². The maximum Gasteiger partial charge on any atom is 0.123 e. The lowest BCUT2D eigenvalue weighted by Gasteiger charge is -2.03. The first-order valence-electron chi connectivity index (χ1n) is 5.20. The highest BCUT2D eigenvalue weighted by Gasteiger charge is 2.09. The summed E-state index contributed by atoms with van der Waals surface area (Å²) in [5, 5.41) is 3.14. The standard InChI is InChI=1S/C12H17N3/c1-8-5-9(2)12-10(6-8)14-11(7-13-3)15(12)4/h5-6,13H,7H2,1-4H3. The molecule has 0 aliphatic heterocycles. The normalized spacial score (nSPS) is 11.2. The quantitative estimate of drug-likeness (QED) is 0.808. The van der Waals surface area contributed by atoms with Gasteiger partial charge in [0.1, 0.15) is 5.82 Å². The highest BCUT2D eigenvalue weighted by atomic mass is 15.1. The highest BCUT2D eigenvalue weighted by molar-refractivity contribution is 5.80. The van der Waals surface area contributed by atoms with Gasteiger partial charge in [0.05, 0.1) is 17.6 Å². The molecule has 0 radical (unpaired) electrons. The predicted molar refractivity (Wildman–Crippen MR) is 63.0 cm³/mol. The Morgan fingerprint density at radius 1 is 1.33 bits per heavy atom. The molecule has 3 heteroatoms. The van der Waals surface area contributed by atoms with Crippen LogP contribution in [0.15, 0.2) is 12.1 Å². The molecule has 0 amide bonds. The molecule has 80 valence electrons. The van der Waals surface area contributed by atoms with E-state index < -0.39 is 0 Å². The van der Waals surface area contributed by atoms with Crippen LogP contribution in [0, 0.1) is 13.8 Å². The van der Waals surface area contributed by atoms with Crippen molar-refractivity contribution in [1.82, 2.24) is 14.9 Å². The molecule has 0 fully saturated rings. The topological polar surface area (TPSA) is 29.9 Å². The van der Waals surface area contributed by atoms with Crippen molar-refractivity contribution in [3.05, 3.63) is 29.1 Å². The average Bonchev–Trinajstić information content (AvgIpc) is 2.43. The van der Waals surface area contributed by atoms with E-state index in [-0.39, 0.29) is 0 Å². The number of aryl methyl sites for hydroxylation is 3. The fraction of sp³-hybridized carbons (Fsp3) is 0.417. The molecule has 15 heavy (non-hydrogen) atoms. The molecule has 0 spiro atoms. The number of fused-ring (bicyclic) bond motifs is 1. The van der Waals surface area contributed by atoms with Gasteiger partial charge in [-0.1, -0.05) is 6.07 Å². The second-order valence-corrected chi connectivity index (χ2v) is 4.07. The number of benzene rings is 1. The Labute approximate surface area is 90.1 Å². The molecule has 0 saturated heterocycles. The number of rotatable bonds is 2. The van der Waals surface area contributed by atoms with Crippen molar-refractivity contribution < 1.29 is 0 Å². The zero-order valence-corrected chi connectivity index (χ0v) is 9.76. The third kappa shape index (κ3) is 1.63. The number of hydrogen-bond donors (Lipinski definition) is 1. The smallest absolute Gasteiger partial charge is 0.123 e. The highest BCUT2D eigenvalue weighted by Crippen LogP contribution is 2.20. The van der Waals surface area contributed by atoms with E-state index >= 15 is 0 Å². The van der Waals surface area contributed by atoms with Crippen LogP contribution in [0.5, 0.6) is 0 Å². The van der Waals surface area contributed by atoms with Crippen LogP contribution in [0.4, 0.5) is 0 Å². The van der Waals surface area contributed by atoms with Gasteiger partial charge in [-0.05, 0) is 38.1 Å². The van der Waals surface area contributed by atoms with Gasteiger partial charge < -0.3 is 9.88 Å². The van der Waals surface area contributed by atoms with Crippen LogP contribution in [-0.2, 0) is 13.6 Å². The van der Waals surface area contributed by atoms with E-state index in [2.05, 4.69) is 47.9 Å². The fourth-order valence-corrected chi connectivity index (χ4v) is 2.12. The van der Waals surface area contributed by atoms with Crippen LogP contribution in [-0.4, -0.2) is 16.6 Å². The summed E-state index contributed by atoms with van der Waals surface area (Å²) in [5.74, 6) is 1.08. The first kappa shape index (κ1) is 10.2. The molecule has 0 bridgehead atoms. The maximum atomic E-state index is 4.62. The van der Waals surface area contributed by atoms with E-state index in [1.807, 2.05) is 7.05 Å². The zero-order valence-electron chi connectivity index (χ0n) is 9.76. The Balaban J connectivity index is 2.70. The van der Waals surface area contributed by atoms with Crippen molar-refractivity contribution in [2.75, 3.05) is 7.05 Å². The monoisotopic (exact) mass is 203 g/mol. The molecule has 0 atom stereocenters. The molecule has 2 rings (SSSR count). The molecule has 3 nitrogen and oxygen atoms in total. The van der Waals surface area contributed by atoms with Crippen molar-refractivity contribution in [2.45, 2.75) is 20.4 Å². The van der Waals surface area contributed by atoms with Crippen molar-refractivity contribution in [3.63, 3.8) is 0 Å². The molecule has 2 aromatic rings. The molecular formula is C12H17N3. The van der Waals surface area contributed by atoms with Gasteiger partial charge in [0.2, 0.25) is 0 Å². The van der Waals surface area contributed by atoms with E-state index in [0.717, 1.165) is 17.9 Å². The van der Waals surface area contributed by atoms with Crippen molar-refractivity contribution in [1.29, 1.82) is 0 Å². The minimum atomic E-state index is 0.809. The second-order valence-electron chi connectivity index (χ2n) is 4.07. The predicted octanol–water partition coefficient (Wildman–Crippen LogP) is 1.91. The van der Waals surface area contributed by atoms with Gasteiger partial charge in [0.25, 0.3) is 0 Å². The molecule has 0 aliphatic carbocycles. The van der Waals surface area contributed by atoms with Crippen LogP contribution in [0.1, 0.15) is 17.0 Å². The van der Waals surface area contributed by atoms with Gasteiger partial charge in [-0.25, -0.2) is 4.98 Å². The second kappa shape index (κ2) is 3.66. The van der Waals surface area contributed by atoms with Gasteiger partial charge in [-0.15, -0.1) is 0 Å². The average molecular weight is 203 g/mol. The molecule has 0 saturated carbocycles.